The number of hydrogen-bond donors (Lipinski definition) is 1. The predicted octanol–water partition coefficient (Wildman–Crippen LogP) is 3.96. The van der Waals surface area contributed by atoms with Crippen molar-refractivity contribution >= 4 is 11.6 Å². The van der Waals surface area contributed by atoms with Gasteiger partial charge in [-0.2, -0.15) is 0 Å². The van der Waals surface area contributed by atoms with Crippen molar-refractivity contribution in [3.05, 3.63) is 64.7 Å². The second-order valence-electron chi connectivity index (χ2n) is 4.33. The number of aromatic nitrogens is 1. The van der Waals surface area contributed by atoms with E-state index in [1.54, 1.807) is 18.5 Å². The minimum absolute atomic E-state index is 0.119. The Kier molecular flexibility index (Phi) is 4.88. The zero-order valence-electron chi connectivity index (χ0n) is 10.7. The zero-order valence-corrected chi connectivity index (χ0v) is 11.5. The van der Waals surface area contributed by atoms with Gasteiger partial charge in [0.05, 0.1) is 6.04 Å². The van der Waals surface area contributed by atoms with Crippen molar-refractivity contribution in [1.82, 2.24) is 10.3 Å². The minimum Gasteiger partial charge on any atom is -0.306 e. The molecule has 0 spiro atoms. The molecule has 0 aliphatic carbocycles. The lowest BCUT2D eigenvalue weighted by molar-refractivity contribution is 0.585. The summed E-state index contributed by atoms with van der Waals surface area (Å²) < 4.78 is 13.4. The van der Waals surface area contributed by atoms with Crippen molar-refractivity contribution < 1.29 is 4.39 Å². The Morgan fingerprint density at radius 1 is 1.26 bits per heavy atom. The predicted molar refractivity (Wildman–Crippen MR) is 75.8 cm³/mol. The largest absolute Gasteiger partial charge is 0.306 e. The molecule has 1 heterocycles. The van der Waals surface area contributed by atoms with E-state index >= 15 is 0 Å². The van der Waals surface area contributed by atoms with Crippen LogP contribution in [0.4, 0.5) is 4.39 Å². The van der Waals surface area contributed by atoms with Crippen LogP contribution in [0.2, 0.25) is 5.02 Å². The molecule has 100 valence electrons. The fraction of sp³-hybridized carbons (Fsp3) is 0.267. The van der Waals surface area contributed by atoms with E-state index in [2.05, 4.69) is 17.2 Å². The van der Waals surface area contributed by atoms with Crippen molar-refractivity contribution in [2.45, 2.75) is 19.4 Å². The van der Waals surface area contributed by atoms with Crippen LogP contribution in [0.3, 0.4) is 0 Å². The van der Waals surface area contributed by atoms with Crippen LogP contribution in [0.15, 0.2) is 42.7 Å². The van der Waals surface area contributed by atoms with Crippen molar-refractivity contribution in [3.63, 3.8) is 0 Å². The van der Waals surface area contributed by atoms with Gasteiger partial charge >= 0.3 is 0 Å². The van der Waals surface area contributed by atoms with E-state index in [-0.39, 0.29) is 11.9 Å². The van der Waals surface area contributed by atoms with Gasteiger partial charge < -0.3 is 5.32 Å². The number of pyridine rings is 1. The third-order valence-electron chi connectivity index (χ3n) is 2.91. The highest BCUT2D eigenvalue weighted by Gasteiger charge is 2.16. The molecule has 0 bridgehead atoms. The van der Waals surface area contributed by atoms with Gasteiger partial charge in [-0.3, -0.25) is 4.98 Å². The summed E-state index contributed by atoms with van der Waals surface area (Å²) in [6.07, 6.45) is 4.45. The molecule has 0 radical (unpaired) electrons. The first-order chi connectivity index (χ1) is 9.22. The van der Waals surface area contributed by atoms with Crippen LogP contribution in [0.25, 0.3) is 0 Å². The molecule has 0 aliphatic heterocycles. The van der Waals surface area contributed by atoms with Gasteiger partial charge in [-0.15, -0.1) is 0 Å². The molecule has 2 aromatic rings. The van der Waals surface area contributed by atoms with Crippen molar-refractivity contribution in [1.29, 1.82) is 0 Å². The van der Waals surface area contributed by atoms with Gasteiger partial charge in [0.2, 0.25) is 0 Å². The summed E-state index contributed by atoms with van der Waals surface area (Å²) in [6.45, 7) is 2.92. The van der Waals surface area contributed by atoms with Crippen molar-refractivity contribution in [3.8, 4) is 0 Å². The molecule has 1 unspecified atom stereocenters. The molecule has 0 amide bonds. The lowest BCUT2D eigenvalue weighted by Crippen LogP contribution is -2.23. The summed E-state index contributed by atoms with van der Waals surface area (Å²) in [7, 11) is 0. The summed E-state index contributed by atoms with van der Waals surface area (Å²) in [6, 6.07) is 8.15. The molecule has 1 aromatic carbocycles. The van der Waals surface area contributed by atoms with E-state index in [1.165, 1.54) is 12.1 Å². The Balaban J connectivity index is 2.40. The first kappa shape index (κ1) is 14.0. The van der Waals surface area contributed by atoms with Gasteiger partial charge in [-0.25, -0.2) is 4.39 Å². The molecule has 2 nitrogen and oxygen atoms in total. The average molecular weight is 279 g/mol. The fourth-order valence-corrected chi connectivity index (χ4v) is 2.21. The zero-order chi connectivity index (χ0) is 13.7. The standard InChI is InChI=1S/C15H16ClFN2/c1-2-7-19-15(11-5-8-18-9-6-11)13-10-12(17)3-4-14(13)16/h3-6,8-10,15,19H,2,7H2,1H3. The quantitative estimate of drug-likeness (QED) is 0.895. The van der Waals surface area contributed by atoms with E-state index in [4.69, 9.17) is 11.6 Å². The summed E-state index contributed by atoms with van der Waals surface area (Å²) in [5, 5.41) is 3.95. The molecule has 0 saturated heterocycles. The summed E-state index contributed by atoms with van der Waals surface area (Å²) in [5.41, 5.74) is 1.78. The van der Waals surface area contributed by atoms with Crippen LogP contribution in [0.1, 0.15) is 30.5 Å². The Morgan fingerprint density at radius 2 is 2.00 bits per heavy atom. The molecular formula is C15H16ClFN2. The van der Waals surface area contributed by atoms with Gasteiger partial charge in [-0.05, 0) is 54.4 Å². The first-order valence-corrected chi connectivity index (χ1v) is 6.68. The third kappa shape index (κ3) is 3.52. The van der Waals surface area contributed by atoms with Gasteiger partial charge in [0.1, 0.15) is 5.82 Å². The van der Waals surface area contributed by atoms with Gasteiger partial charge in [-0.1, -0.05) is 18.5 Å². The van der Waals surface area contributed by atoms with Crippen LogP contribution in [-0.2, 0) is 0 Å². The normalized spacial score (nSPS) is 12.4. The molecule has 0 aliphatic rings. The Labute approximate surface area is 117 Å². The highest BCUT2D eigenvalue weighted by molar-refractivity contribution is 6.31. The Morgan fingerprint density at radius 3 is 2.68 bits per heavy atom. The minimum atomic E-state index is -0.281. The molecule has 0 saturated carbocycles. The maximum Gasteiger partial charge on any atom is 0.123 e. The number of hydrogen-bond acceptors (Lipinski definition) is 2. The first-order valence-electron chi connectivity index (χ1n) is 6.30. The van der Waals surface area contributed by atoms with Crippen LogP contribution in [0.5, 0.6) is 0 Å². The molecule has 1 N–H and O–H groups in total. The van der Waals surface area contributed by atoms with E-state index in [1.807, 2.05) is 12.1 Å². The number of benzene rings is 1. The van der Waals surface area contributed by atoms with Gasteiger partial charge in [0, 0.05) is 17.4 Å². The second kappa shape index (κ2) is 6.64. The smallest absolute Gasteiger partial charge is 0.123 e. The molecule has 4 heteroatoms. The lowest BCUT2D eigenvalue weighted by Gasteiger charge is -2.20. The third-order valence-corrected chi connectivity index (χ3v) is 3.25. The number of halogens is 2. The Hall–Kier alpha value is -1.45. The number of nitrogens with zero attached hydrogens (tertiary/aromatic N) is 1. The van der Waals surface area contributed by atoms with E-state index < -0.39 is 0 Å². The van der Waals surface area contributed by atoms with Crippen LogP contribution < -0.4 is 5.32 Å². The topological polar surface area (TPSA) is 24.9 Å². The summed E-state index contributed by atoms with van der Waals surface area (Å²) in [4.78, 5) is 4.01. The molecular weight excluding hydrogens is 263 g/mol. The van der Waals surface area contributed by atoms with Crippen molar-refractivity contribution in [2.75, 3.05) is 6.54 Å². The van der Waals surface area contributed by atoms with Crippen LogP contribution in [0, 0.1) is 5.82 Å². The van der Waals surface area contributed by atoms with Gasteiger partial charge in [0.25, 0.3) is 0 Å². The molecule has 2 rings (SSSR count). The molecule has 19 heavy (non-hydrogen) atoms. The highest BCUT2D eigenvalue weighted by atomic mass is 35.5. The monoisotopic (exact) mass is 278 g/mol. The highest BCUT2D eigenvalue weighted by Crippen LogP contribution is 2.28. The van der Waals surface area contributed by atoms with Crippen LogP contribution >= 0.6 is 11.6 Å². The molecule has 1 atom stereocenters. The molecule has 0 fully saturated rings. The van der Waals surface area contributed by atoms with Crippen LogP contribution in [-0.4, -0.2) is 11.5 Å². The Bertz CT molecular complexity index is 531. The van der Waals surface area contributed by atoms with E-state index in [0.717, 1.165) is 24.1 Å². The van der Waals surface area contributed by atoms with E-state index in [0.29, 0.717) is 5.02 Å². The van der Waals surface area contributed by atoms with Crippen molar-refractivity contribution in [2.24, 2.45) is 0 Å². The SMILES string of the molecule is CCCNC(c1ccncc1)c1cc(F)ccc1Cl. The maximum atomic E-state index is 13.4. The maximum absolute atomic E-state index is 13.4. The summed E-state index contributed by atoms with van der Waals surface area (Å²) >= 11 is 6.20. The van der Waals surface area contributed by atoms with E-state index in [9.17, 15) is 4.39 Å². The molecule has 1 aromatic heterocycles. The average Bonchev–Trinajstić information content (AvgIpc) is 2.44. The number of rotatable bonds is 5. The summed E-state index contributed by atoms with van der Waals surface area (Å²) in [5.74, 6) is -0.281. The lowest BCUT2D eigenvalue weighted by atomic mass is 9.99. The second-order valence-corrected chi connectivity index (χ2v) is 4.74. The van der Waals surface area contributed by atoms with Gasteiger partial charge in [0.15, 0.2) is 0 Å². The fourth-order valence-electron chi connectivity index (χ4n) is 1.99. The number of nitrogens with one attached hydrogen (secondary N) is 1.